The standard InChI is InChI=1S/C52H64ClN5O9S/c1-50(2,3)45(47(63)58-30-37(59)26-41(58)42(60)21-12-33-10-13-34(14-11-33)43-29-55-32-68-43)56-44(61)31-65-25-24-64-22-8-9-23-66-38-18-15-35(16-19-38)46(62)57-48-51(4,5)49(52(48,6)7)67-39-20-17-36(28-54)40(53)27-39/h10-11,13-20,27,29,32,37,41,45,48-49,59H,8-9,12,21-26,30-31H2,1-7H3,(H,56,61)(H,57,62)/t37-,41+,45-,48?,49?/m1/s1. The number of nitriles is 1. The molecule has 3 N–H and O–H groups in total. The molecule has 2 aliphatic rings. The van der Waals surface area contributed by atoms with E-state index in [1.165, 1.54) is 4.90 Å². The average molecular weight is 971 g/mol. The molecule has 14 nitrogen and oxygen atoms in total. The highest BCUT2D eigenvalue weighted by atomic mass is 35.5. The molecule has 6 rings (SSSR count). The van der Waals surface area contributed by atoms with Crippen LogP contribution in [0.2, 0.25) is 5.02 Å². The summed E-state index contributed by atoms with van der Waals surface area (Å²) in [4.78, 5) is 60.4. The van der Waals surface area contributed by atoms with Crippen molar-refractivity contribution in [2.75, 3.05) is 39.6 Å². The number of carbonyl (C=O) groups excluding carboxylic acids is 4. The Morgan fingerprint density at radius 3 is 2.26 bits per heavy atom. The van der Waals surface area contributed by atoms with Gasteiger partial charge >= 0.3 is 0 Å². The number of aryl methyl sites for hydroxylation is 1. The lowest BCUT2D eigenvalue weighted by atomic mass is 9.49. The molecule has 1 aliphatic carbocycles. The van der Waals surface area contributed by atoms with E-state index in [1.807, 2.05) is 51.2 Å². The first kappa shape index (κ1) is 52.0. The highest BCUT2D eigenvalue weighted by Gasteiger charge is 2.64. The first-order chi connectivity index (χ1) is 32.3. The van der Waals surface area contributed by atoms with Gasteiger partial charge in [0.1, 0.15) is 36.3 Å². The zero-order valence-corrected chi connectivity index (χ0v) is 41.6. The van der Waals surface area contributed by atoms with Crippen LogP contribution in [0.15, 0.2) is 78.4 Å². The number of Topliss-reactive ketones (excluding diaryl/α,β-unsaturated/α-hetero) is 1. The van der Waals surface area contributed by atoms with Crippen LogP contribution >= 0.6 is 22.9 Å². The average Bonchev–Trinajstić information content (AvgIpc) is 3.99. The van der Waals surface area contributed by atoms with Crippen molar-refractivity contribution in [1.82, 2.24) is 20.5 Å². The number of nitrogens with zero attached hydrogens (tertiary/aromatic N) is 3. The van der Waals surface area contributed by atoms with E-state index >= 15 is 0 Å². The number of halogens is 1. The first-order valence-electron chi connectivity index (χ1n) is 23.1. The minimum atomic E-state index is -0.939. The van der Waals surface area contributed by atoms with E-state index in [4.69, 9.17) is 30.5 Å². The second-order valence-corrected chi connectivity index (χ2v) is 21.1. The van der Waals surface area contributed by atoms with E-state index < -0.39 is 35.4 Å². The maximum absolute atomic E-state index is 13.9. The number of hydrogen-bond acceptors (Lipinski definition) is 12. The fraction of sp³-hybridized carbons (Fsp3) is 0.500. The number of rotatable bonds is 22. The van der Waals surface area contributed by atoms with Crippen LogP contribution in [0.4, 0.5) is 0 Å². The Morgan fingerprint density at radius 1 is 0.941 bits per heavy atom. The van der Waals surface area contributed by atoms with Crippen LogP contribution in [0.25, 0.3) is 10.4 Å². The molecule has 2 heterocycles. The van der Waals surface area contributed by atoms with Crippen LogP contribution in [0.3, 0.4) is 0 Å². The fourth-order valence-electron chi connectivity index (χ4n) is 9.40. The van der Waals surface area contributed by atoms with Gasteiger partial charge in [0, 0.05) is 60.7 Å². The largest absolute Gasteiger partial charge is 0.494 e. The second kappa shape index (κ2) is 22.8. The Morgan fingerprint density at radius 2 is 1.62 bits per heavy atom. The predicted octanol–water partition coefficient (Wildman–Crippen LogP) is 7.83. The summed E-state index contributed by atoms with van der Waals surface area (Å²) in [5.41, 5.74) is 3.29. The van der Waals surface area contributed by atoms with Crippen molar-refractivity contribution in [2.24, 2.45) is 16.2 Å². The van der Waals surface area contributed by atoms with Gasteiger partial charge in [0.15, 0.2) is 5.78 Å². The Labute approximate surface area is 408 Å². The molecule has 0 spiro atoms. The van der Waals surface area contributed by atoms with Gasteiger partial charge in [-0.15, -0.1) is 11.3 Å². The number of likely N-dealkylation sites (tertiary alicyclic amines) is 1. The number of thiazole rings is 1. The lowest BCUT2D eigenvalue weighted by Crippen LogP contribution is -2.74. The van der Waals surface area contributed by atoms with Gasteiger partial charge in [-0.25, -0.2) is 0 Å². The molecule has 1 saturated carbocycles. The molecule has 0 unspecified atom stereocenters. The second-order valence-electron chi connectivity index (χ2n) is 19.8. The normalized spacial score (nSPS) is 19.9. The molecule has 3 atom stereocenters. The zero-order valence-electron chi connectivity index (χ0n) is 40.0. The van der Waals surface area contributed by atoms with Gasteiger partial charge in [0.2, 0.25) is 11.8 Å². The monoisotopic (exact) mass is 969 g/mol. The first-order valence-corrected chi connectivity index (χ1v) is 24.4. The lowest BCUT2D eigenvalue weighted by Gasteiger charge is -2.63. The number of aromatic nitrogens is 1. The van der Waals surface area contributed by atoms with Gasteiger partial charge in [-0.3, -0.25) is 24.2 Å². The van der Waals surface area contributed by atoms with Gasteiger partial charge in [0.05, 0.1) is 52.9 Å². The van der Waals surface area contributed by atoms with Crippen LogP contribution in [0.1, 0.15) is 95.6 Å². The summed E-state index contributed by atoms with van der Waals surface area (Å²) in [6, 6.07) is 20.2. The van der Waals surface area contributed by atoms with E-state index in [2.05, 4.69) is 49.4 Å². The van der Waals surface area contributed by atoms with Crippen LogP contribution in [-0.4, -0.2) is 108 Å². The van der Waals surface area contributed by atoms with Crippen molar-refractivity contribution in [3.8, 4) is 28.0 Å². The Hall–Kier alpha value is -5.37. The summed E-state index contributed by atoms with van der Waals surface area (Å²) < 4.78 is 23.5. The van der Waals surface area contributed by atoms with Gasteiger partial charge in [-0.05, 0) is 72.2 Å². The quantitative estimate of drug-likeness (QED) is 0.0651. The SMILES string of the molecule is CC1(C)C(NC(=O)c2ccc(OCCCCOCCOCC(=O)N[C@H](C(=O)N3C[C@H](O)C[C@H]3C(=O)CCc3ccc(-c4cncs4)cc3)C(C)(C)C)cc2)C(C)(C)C1Oc1ccc(C#N)c(Cl)c1. The van der Waals surface area contributed by atoms with E-state index in [-0.39, 0.29) is 73.9 Å². The molecule has 364 valence electrons. The van der Waals surface area contributed by atoms with Crippen molar-refractivity contribution >= 4 is 46.4 Å². The summed E-state index contributed by atoms with van der Waals surface area (Å²) in [6.45, 7) is 14.9. The van der Waals surface area contributed by atoms with Crippen molar-refractivity contribution in [3.05, 3.63) is 100 Å². The molecule has 3 amide bonds. The predicted molar refractivity (Wildman–Crippen MR) is 261 cm³/mol. The van der Waals surface area contributed by atoms with Crippen molar-refractivity contribution in [2.45, 2.75) is 111 Å². The number of β-amino-alcohol motifs (C(OH)–C–C–N with tert-alkyl or cyclic N) is 1. The highest BCUT2D eigenvalue weighted by molar-refractivity contribution is 7.13. The zero-order chi connectivity index (χ0) is 49.2. The minimum Gasteiger partial charge on any atom is -0.494 e. The summed E-state index contributed by atoms with van der Waals surface area (Å²) in [5.74, 6) is 0.0367. The third-order valence-corrected chi connectivity index (χ3v) is 13.9. The number of amides is 3. The van der Waals surface area contributed by atoms with E-state index in [0.717, 1.165) is 28.8 Å². The molecule has 3 aromatic carbocycles. The molecular formula is C52H64ClN5O9S. The smallest absolute Gasteiger partial charge is 0.251 e. The molecule has 0 radical (unpaired) electrons. The molecule has 68 heavy (non-hydrogen) atoms. The van der Waals surface area contributed by atoms with Crippen LogP contribution < -0.4 is 20.1 Å². The fourth-order valence-corrected chi connectivity index (χ4v) is 10.2. The third kappa shape index (κ3) is 13.0. The number of ketones is 1. The molecule has 1 aliphatic heterocycles. The summed E-state index contributed by atoms with van der Waals surface area (Å²) >= 11 is 7.79. The van der Waals surface area contributed by atoms with Gasteiger partial charge in [-0.2, -0.15) is 5.26 Å². The maximum atomic E-state index is 13.9. The van der Waals surface area contributed by atoms with E-state index in [1.54, 1.807) is 59.3 Å². The Kier molecular flexibility index (Phi) is 17.5. The van der Waals surface area contributed by atoms with Crippen LogP contribution in [-0.2, 0) is 30.3 Å². The van der Waals surface area contributed by atoms with Crippen molar-refractivity contribution < 1.29 is 43.2 Å². The molecule has 0 bridgehead atoms. The molecule has 1 saturated heterocycles. The number of aliphatic hydroxyl groups is 1. The Bertz CT molecular complexity index is 2380. The number of nitrogens with one attached hydrogen (secondary N) is 2. The number of unbranched alkanes of at least 4 members (excludes halogenated alkanes) is 1. The highest BCUT2D eigenvalue weighted by Crippen LogP contribution is 2.55. The summed E-state index contributed by atoms with van der Waals surface area (Å²) in [7, 11) is 0. The van der Waals surface area contributed by atoms with Crippen LogP contribution in [0, 0.1) is 27.6 Å². The lowest BCUT2D eigenvalue weighted by molar-refractivity contribution is -0.164. The van der Waals surface area contributed by atoms with Gasteiger partial charge < -0.3 is 39.6 Å². The summed E-state index contributed by atoms with van der Waals surface area (Å²) in [6.07, 6.45) is 3.13. The molecule has 4 aromatic rings. The number of aliphatic hydroxyl groups excluding tert-OH is 1. The summed E-state index contributed by atoms with van der Waals surface area (Å²) in [5, 5.41) is 26.1. The molecule has 1 aromatic heterocycles. The molecule has 16 heteroatoms. The Balaban J connectivity index is 0.843. The maximum Gasteiger partial charge on any atom is 0.251 e. The molecule has 2 fully saturated rings. The van der Waals surface area contributed by atoms with E-state index in [0.29, 0.717) is 47.3 Å². The third-order valence-electron chi connectivity index (χ3n) is 12.8. The molecular weight excluding hydrogens is 906 g/mol. The topological polar surface area (TPSA) is 189 Å². The van der Waals surface area contributed by atoms with Crippen LogP contribution in [0.5, 0.6) is 11.5 Å². The number of hydrogen-bond donors (Lipinski definition) is 3. The van der Waals surface area contributed by atoms with Gasteiger partial charge in [-0.1, -0.05) is 84.3 Å². The van der Waals surface area contributed by atoms with Crippen molar-refractivity contribution in [3.63, 3.8) is 0 Å². The number of benzene rings is 3. The van der Waals surface area contributed by atoms with Gasteiger partial charge in [0.25, 0.3) is 5.91 Å². The minimum absolute atomic E-state index is 0.0206. The van der Waals surface area contributed by atoms with Crippen molar-refractivity contribution in [1.29, 1.82) is 5.26 Å². The van der Waals surface area contributed by atoms with E-state index in [9.17, 15) is 29.5 Å². The number of carbonyl (C=O) groups is 4. The number of ether oxygens (including phenoxy) is 4.